The molecule has 1 fully saturated rings. The lowest BCUT2D eigenvalue weighted by molar-refractivity contribution is 0.161. The molecule has 18 heavy (non-hydrogen) atoms. The number of anilines is 1. The van der Waals surface area contributed by atoms with Crippen molar-refractivity contribution in [1.29, 1.82) is 5.41 Å². The van der Waals surface area contributed by atoms with E-state index in [2.05, 4.69) is 4.90 Å². The molecule has 1 aliphatic rings. The normalized spacial score (nSPS) is 19.2. The average Bonchev–Trinajstić information content (AvgIpc) is 2.77. The number of hydrogen-bond donors (Lipinski definition) is 2. The lowest BCUT2D eigenvalue weighted by Gasteiger charge is -2.22. The van der Waals surface area contributed by atoms with Crippen LogP contribution in [0.15, 0.2) is 18.2 Å². The summed E-state index contributed by atoms with van der Waals surface area (Å²) in [6.45, 7) is 2.65. The maximum absolute atomic E-state index is 7.65. The van der Waals surface area contributed by atoms with E-state index in [9.17, 15) is 0 Å². The molecule has 0 radical (unpaired) electrons. The molecule has 5 heteroatoms. The quantitative estimate of drug-likeness (QED) is 0.649. The number of methoxy groups -OCH3 is 1. The monoisotopic (exact) mass is 267 g/mol. The van der Waals surface area contributed by atoms with E-state index in [1.807, 2.05) is 12.1 Å². The molecule has 0 aromatic heterocycles. The van der Waals surface area contributed by atoms with Crippen molar-refractivity contribution in [1.82, 2.24) is 0 Å². The largest absolute Gasteiger partial charge is 0.384 e. The van der Waals surface area contributed by atoms with E-state index in [0.717, 1.165) is 31.8 Å². The minimum absolute atomic E-state index is 0.0193. The molecule has 1 aliphatic heterocycles. The second-order valence-electron chi connectivity index (χ2n) is 4.60. The fourth-order valence-electron chi connectivity index (χ4n) is 2.47. The zero-order valence-electron chi connectivity index (χ0n) is 10.4. The summed E-state index contributed by atoms with van der Waals surface area (Å²) in [7, 11) is 1.73. The molecule has 3 N–H and O–H groups in total. The molecule has 1 aromatic carbocycles. The van der Waals surface area contributed by atoms with Gasteiger partial charge in [0.05, 0.1) is 17.2 Å². The Hall–Kier alpha value is -1.26. The molecule has 0 bridgehead atoms. The maximum atomic E-state index is 7.65. The van der Waals surface area contributed by atoms with Crippen molar-refractivity contribution in [2.24, 2.45) is 11.7 Å². The minimum atomic E-state index is 0.0193. The Bertz CT molecular complexity index is 450. The van der Waals surface area contributed by atoms with E-state index in [0.29, 0.717) is 16.5 Å². The Labute approximate surface area is 112 Å². The number of amidine groups is 1. The van der Waals surface area contributed by atoms with Crippen molar-refractivity contribution >= 4 is 23.1 Å². The topological polar surface area (TPSA) is 62.3 Å². The highest BCUT2D eigenvalue weighted by atomic mass is 35.5. The number of nitrogens with one attached hydrogen (secondary N) is 1. The third kappa shape index (κ3) is 2.60. The first-order valence-electron chi connectivity index (χ1n) is 6.00. The van der Waals surface area contributed by atoms with Crippen LogP contribution < -0.4 is 10.6 Å². The van der Waals surface area contributed by atoms with Crippen molar-refractivity contribution in [2.45, 2.75) is 6.42 Å². The fourth-order valence-corrected chi connectivity index (χ4v) is 2.74. The van der Waals surface area contributed by atoms with Gasteiger partial charge in [-0.25, -0.2) is 0 Å². The summed E-state index contributed by atoms with van der Waals surface area (Å²) in [4.78, 5) is 2.23. The fraction of sp³-hybridized carbons (Fsp3) is 0.462. The van der Waals surface area contributed by atoms with E-state index < -0.39 is 0 Å². The van der Waals surface area contributed by atoms with Crippen molar-refractivity contribution < 1.29 is 4.74 Å². The summed E-state index contributed by atoms with van der Waals surface area (Å²) in [5.41, 5.74) is 7.21. The smallest absolute Gasteiger partial charge is 0.126 e. The van der Waals surface area contributed by atoms with E-state index in [4.69, 9.17) is 27.5 Å². The summed E-state index contributed by atoms with van der Waals surface area (Å²) >= 11 is 6.13. The molecule has 0 aliphatic carbocycles. The van der Waals surface area contributed by atoms with Crippen molar-refractivity contribution in [3.8, 4) is 0 Å². The van der Waals surface area contributed by atoms with Crippen LogP contribution in [0.4, 0.5) is 5.69 Å². The van der Waals surface area contributed by atoms with Crippen molar-refractivity contribution in [2.75, 3.05) is 31.7 Å². The number of hydrogen-bond acceptors (Lipinski definition) is 3. The van der Waals surface area contributed by atoms with Crippen molar-refractivity contribution in [3.63, 3.8) is 0 Å². The van der Waals surface area contributed by atoms with Gasteiger partial charge < -0.3 is 15.4 Å². The van der Waals surface area contributed by atoms with Gasteiger partial charge in [0, 0.05) is 31.8 Å². The van der Waals surface area contributed by atoms with Gasteiger partial charge in [-0.05, 0) is 18.6 Å². The molecular formula is C13H18ClN3O. The van der Waals surface area contributed by atoms with Gasteiger partial charge in [0.2, 0.25) is 0 Å². The van der Waals surface area contributed by atoms with Gasteiger partial charge in [0.15, 0.2) is 0 Å². The van der Waals surface area contributed by atoms with Crippen LogP contribution in [0, 0.1) is 11.3 Å². The predicted molar refractivity (Wildman–Crippen MR) is 74.7 cm³/mol. The first kappa shape index (κ1) is 13.2. The van der Waals surface area contributed by atoms with E-state index in [1.165, 1.54) is 0 Å². The summed E-state index contributed by atoms with van der Waals surface area (Å²) < 4.78 is 5.19. The molecule has 98 valence electrons. The highest BCUT2D eigenvalue weighted by molar-refractivity contribution is 6.34. The molecule has 0 spiro atoms. The Morgan fingerprint density at radius 3 is 3.06 bits per heavy atom. The van der Waals surface area contributed by atoms with Gasteiger partial charge in [-0.3, -0.25) is 5.41 Å². The van der Waals surface area contributed by atoms with Gasteiger partial charge in [-0.1, -0.05) is 17.7 Å². The Kier molecular flexibility index (Phi) is 4.09. The molecule has 0 amide bonds. The van der Waals surface area contributed by atoms with Crippen LogP contribution in [-0.2, 0) is 4.74 Å². The van der Waals surface area contributed by atoms with Gasteiger partial charge >= 0.3 is 0 Å². The van der Waals surface area contributed by atoms with Crippen LogP contribution in [-0.4, -0.2) is 32.6 Å². The molecule has 1 unspecified atom stereocenters. The third-order valence-corrected chi connectivity index (χ3v) is 3.60. The standard InChI is InChI=1S/C13H18ClN3O/c1-18-8-9-5-6-17(7-9)11-4-2-3-10(14)12(11)13(15)16/h2-4,9H,5-8H2,1H3,(H3,15,16). The molecule has 1 saturated heterocycles. The highest BCUT2D eigenvalue weighted by Crippen LogP contribution is 2.31. The summed E-state index contributed by atoms with van der Waals surface area (Å²) in [6, 6.07) is 5.63. The second kappa shape index (κ2) is 5.59. The summed E-state index contributed by atoms with van der Waals surface area (Å²) in [5.74, 6) is 0.555. The number of benzene rings is 1. The average molecular weight is 268 g/mol. The molecule has 1 aromatic rings. The van der Waals surface area contributed by atoms with E-state index >= 15 is 0 Å². The maximum Gasteiger partial charge on any atom is 0.126 e. The van der Waals surface area contributed by atoms with Crippen LogP contribution in [0.25, 0.3) is 0 Å². The zero-order valence-corrected chi connectivity index (χ0v) is 11.2. The van der Waals surface area contributed by atoms with E-state index in [-0.39, 0.29) is 5.84 Å². The molecule has 1 heterocycles. The highest BCUT2D eigenvalue weighted by Gasteiger charge is 2.25. The van der Waals surface area contributed by atoms with Gasteiger partial charge in [-0.2, -0.15) is 0 Å². The second-order valence-corrected chi connectivity index (χ2v) is 5.01. The van der Waals surface area contributed by atoms with Gasteiger partial charge in [0.1, 0.15) is 5.84 Å². The van der Waals surface area contributed by atoms with Crippen LogP contribution in [0.3, 0.4) is 0 Å². The SMILES string of the molecule is COCC1CCN(c2cccc(Cl)c2C(=N)N)C1. The molecular weight excluding hydrogens is 250 g/mol. The minimum Gasteiger partial charge on any atom is -0.384 e. The van der Waals surface area contributed by atoms with Crippen molar-refractivity contribution in [3.05, 3.63) is 28.8 Å². The third-order valence-electron chi connectivity index (χ3n) is 3.29. The number of nitrogens with zero attached hydrogens (tertiary/aromatic N) is 1. The van der Waals surface area contributed by atoms with Crippen LogP contribution in [0.1, 0.15) is 12.0 Å². The van der Waals surface area contributed by atoms with Crippen LogP contribution >= 0.6 is 11.6 Å². The molecule has 4 nitrogen and oxygen atoms in total. The Balaban J connectivity index is 2.24. The van der Waals surface area contributed by atoms with Crippen LogP contribution in [0.5, 0.6) is 0 Å². The number of ether oxygens (including phenoxy) is 1. The Morgan fingerprint density at radius 2 is 2.39 bits per heavy atom. The summed E-state index contributed by atoms with van der Waals surface area (Å²) in [5, 5.41) is 8.19. The number of rotatable bonds is 4. The molecule has 2 rings (SSSR count). The first-order chi connectivity index (χ1) is 8.63. The molecule has 0 saturated carbocycles. The number of halogens is 1. The number of nitrogen functional groups attached to an aromatic ring is 1. The molecule has 1 atom stereocenters. The zero-order chi connectivity index (χ0) is 13.1. The van der Waals surface area contributed by atoms with Gasteiger partial charge in [0.25, 0.3) is 0 Å². The number of nitrogens with two attached hydrogens (primary N) is 1. The first-order valence-corrected chi connectivity index (χ1v) is 6.38. The lowest BCUT2D eigenvalue weighted by Crippen LogP contribution is -2.25. The lowest BCUT2D eigenvalue weighted by atomic mass is 10.1. The summed E-state index contributed by atoms with van der Waals surface area (Å²) in [6.07, 6.45) is 1.09. The van der Waals surface area contributed by atoms with E-state index in [1.54, 1.807) is 13.2 Å². The van der Waals surface area contributed by atoms with Gasteiger partial charge in [-0.15, -0.1) is 0 Å². The van der Waals surface area contributed by atoms with Crippen LogP contribution in [0.2, 0.25) is 5.02 Å². The predicted octanol–water partition coefficient (Wildman–Crippen LogP) is 2.10. The Morgan fingerprint density at radius 1 is 1.61 bits per heavy atom.